The van der Waals surface area contributed by atoms with Crippen LogP contribution in [-0.2, 0) is 4.79 Å². The SMILES string of the molecule is CCCNC(=O)C(C)Nc1cc(C(=O)O)ccc1N. The van der Waals surface area contributed by atoms with Gasteiger partial charge in [-0.05, 0) is 31.5 Å². The highest BCUT2D eigenvalue weighted by atomic mass is 16.4. The first-order valence-corrected chi connectivity index (χ1v) is 6.12. The smallest absolute Gasteiger partial charge is 0.335 e. The minimum absolute atomic E-state index is 0.123. The number of hydrogen-bond donors (Lipinski definition) is 4. The zero-order valence-corrected chi connectivity index (χ0v) is 11.1. The van der Waals surface area contributed by atoms with Crippen molar-refractivity contribution in [1.29, 1.82) is 0 Å². The Morgan fingerprint density at radius 1 is 1.42 bits per heavy atom. The Hall–Kier alpha value is -2.24. The second kappa shape index (κ2) is 6.63. The molecule has 0 bridgehead atoms. The molecular formula is C13H19N3O3. The molecular weight excluding hydrogens is 246 g/mol. The zero-order valence-electron chi connectivity index (χ0n) is 11.1. The molecule has 1 aromatic rings. The Morgan fingerprint density at radius 3 is 2.68 bits per heavy atom. The highest BCUT2D eigenvalue weighted by Gasteiger charge is 2.14. The van der Waals surface area contributed by atoms with E-state index in [2.05, 4.69) is 10.6 Å². The van der Waals surface area contributed by atoms with Gasteiger partial charge in [-0.15, -0.1) is 0 Å². The average molecular weight is 265 g/mol. The van der Waals surface area contributed by atoms with Gasteiger partial charge in [0, 0.05) is 6.54 Å². The summed E-state index contributed by atoms with van der Waals surface area (Å²) in [6.07, 6.45) is 0.856. The molecule has 0 heterocycles. The van der Waals surface area contributed by atoms with Crippen LogP contribution in [0.4, 0.5) is 11.4 Å². The summed E-state index contributed by atoms with van der Waals surface area (Å²) >= 11 is 0. The molecule has 6 heteroatoms. The number of rotatable bonds is 6. The third-order valence-corrected chi connectivity index (χ3v) is 2.61. The average Bonchev–Trinajstić information content (AvgIpc) is 2.38. The van der Waals surface area contributed by atoms with Crippen molar-refractivity contribution < 1.29 is 14.7 Å². The lowest BCUT2D eigenvalue weighted by Gasteiger charge is -2.16. The van der Waals surface area contributed by atoms with Gasteiger partial charge >= 0.3 is 5.97 Å². The van der Waals surface area contributed by atoms with Crippen molar-refractivity contribution in [2.45, 2.75) is 26.3 Å². The predicted molar refractivity (Wildman–Crippen MR) is 74.2 cm³/mol. The van der Waals surface area contributed by atoms with E-state index in [-0.39, 0.29) is 11.5 Å². The molecule has 0 saturated carbocycles. The van der Waals surface area contributed by atoms with Gasteiger partial charge in [0.05, 0.1) is 16.9 Å². The molecule has 1 unspecified atom stereocenters. The number of carbonyl (C=O) groups is 2. The van der Waals surface area contributed by atoms with E-state index in [9.17, 15) is 9.59 Å². The van der Waals surface area contributed by atoms with Crippen molar-refractivity contribution in [3.05, 3.63) is 23.8 Å². The molecule has 19 heavy (non-hydrogen) atoms. The number of nitrogens with two attached hydrogens (primary N) is 1. The van der Waals surface area contributed by atoms with Gasteiger partial charge in [-0.25, -0.2) is 4.79 Å². The lowest BCUT2D eigenvalue weighted by atomic mass is 10.1. The van der Waals surface area contributed by atoms with Crippen LogP contribution >= 0.6 is 0 Å². The number of carboxylic acid groups (broad SMARTS) is 1. The molecule has 1 rings (SSSR count). The van der Waals surface area contributed by atoms with Crippen molar-refractivity contribution in [2.24, 2.45) is 0 Å². The van der Waals surface area contributed by atoms with Gasteiger partial charge in [0.2, 0.25) is 5.91 Å². The first-order chi connectivity index (χ1) is 8.95. The van der Waals surface area contributed by atoms with E-state index < -0.39 is 12.0 Å². The standard InChI is InChI=1S/C13H19N3O3/c1-3-6-15-12(17)8(2)16-11-7-9(13(18)19)4-5-10(11)14/h4-5,7-8,16H,3,6,14H2,1-2H3,(H,15,17)(H,18,19). The van der Waals surface area contributed by atoms with Crippen LogP contribution in [0, 0.1) is 0 Å². The number of carboxylic acids is 1. The molecule has 1 atom stereocenters. The van der Waals surface area contributed by atoms with Gasteiger partial charge in [-0.3, -0.25) is 4.79 Å². The number of anilines is 2. The molecule has 0 spiro atoms. The lowest BCUT2D eigenvalue weighted by Crippen LogP contribution is -2.38. The quantitative estimate of drug-likeness (QED) is 0.580. The number of nitrogen functional groups attached to an aromatic ring is 1. The Morgan fingerprint density at radius 2 is 2.11 bits per heavy atom. The molecule has 1 amide bonds. The highest BCUT2D eigenvalue weighted by Crippen LogP contribution is 2.21. The van der Waals surface area contributed by atoms with Crippen LogP contribution in [-0.4, -0.2) is 29.6 Å². The van der Waals surface area contributed by atoms with Gasteiger partial charge < -0.3 is 21.5 Å². The topological polar surface area (TPSA) is 104 Å². The fourth-order valence-electron chi connectivity index (χ4n) is 1.51. The lowest BCUT2D eigenvalue weighted by molar-refractivity contribution is -0.121. The fraction of sp³-hybridized carbons (Fsp3) is 0.385. The highest BCUT2D eigenvalue weighted by molar-refractivity contribution is 5.91. The molecule has 0 radical (unpaired) electrons. The summed E-state index contributed by atoms with van der Waals surface area (Å²) in [5.41, 5.74) is 6.72. The van der Waals surface area contributed by atoms with Gasteiger partial charge in [0.1, 0.15) is 6.04 Å². The number of nitrogens with one attached hydrogen (secondary N) is 2. The van der Waals surface area contributed by atoms with Gasteiger partial charge in [0.25, 0.3) is 0 Å². The molecule has 5 N–H and O–H groups in total. The maximum Gasteiger partial charge on any atom is 0.335 e. The van der Waals surface area contributed by atoms with E-state index in [4.69, 9.17) is 10.8 Å². The monoisotopic (exact) mass is 265 g/mol. The van der Waals surface area contributed by atoms with E-state index in [1.807, 2.05) is 6.92 Å². The molecule has 0 aliphatic carbocycles. The summed E-state index contributed by atoms with van der Waals surface area (Å²) in [5.74, 6) is -1.19. The third-order valence-electron chi connectivity index (χ3n) is 2.61. The van der Waals surface area contributed by atoms with Gasteiger partial charge in [-0.2, -0.15) is 0 Å². The molecule has 0 fully saturated rings. The van der Waals surface area contributed by atoms with E-state index in [0.29, 0.717) is 17.9 Å². The maximum absolute atomic E-state index is 11.7. The summed E-state index contributed by atoms with van der Waals surface area (Å²) in [7, 11) is 0. The number of carbonyl (C=O) groups excluding carboxylic acids is 1. The van der Waals surface area contributed by atoms with Crippen LogP contribution in [0.1, 0.15) is 30.6 Å². The second-order valence-electron chi connectivity index (χ2n) is 4.26. The normalized spacial score (nSPS) is 11.7. The van der Waals surface area contributed by atoms with Gasteiger partial charge in [-0.1, -0.05) is 6.92 Å². The predicted octanol–water partition coefficient (Wildman–Crippen LogP) is 1.29. The second-order valence-corrected chi connectivity index (χ2v) is 4.26. The largest absolute Gasteiger partial charge is 0.478 e. The minimum atomic E-state index is -1.04. The number of amides is 1. The molecule has 0 saturated heterocycles. The molecule has 104 valence electrons. The first kappa shape index (κ1) is 14.8. The Kier molecular flexibility index (Phi) is 5.17. The van der Waals surface area contributed by atoms with Crippen LogP contribution in [0.15, 0.2) is 18.2 Å². The van der Waals surface area contributed by atoms with Crippen LogP contribution in [0.3, 0.4) is 0 Å². The third kappa shape index (κ3) is 4.17. The van der Waals surface area contributed by atoms with Crippen molar-refractivity contribution in [3.8, 4) is 0 Å². The van der Waals surface area contributed by atoms with Crippen molar-refractivity contribution in [1.82, 2.24) is 5.32 Å². The van der Waals surface area contributed by atoms with Gasteiger partial charge in [0.15, 0.2) is 0 Å². The summed E-state index contributed by atoms with van der Waals surface area (Å²) in [4.78, 5) is 22.6. The van der Waals surface area contributed by atoms with Crippen LogP contribution in [0.25, 0.3) is 0 Å². The minimum Gasteiger partial charge on any atom is -0.478 e. The zero-order chi connectivity index (χ0) is 14.4. The van der Waals surface area contributed by atoms with E-state index >= 15 is 0 Å². The van der Waals surface area contributed by atoms with Crippen molar-refractivity contribution in [3.63, 3.8) is 0 Å². The Labute approximate surface area is 112 Å². The number of hydrogen-bond acceptors (Lipinski definition) is 4. The Bertz CT molecular complexity index is 474. The first-order valence-electron chi connectivity index (χ1n) is 6.12. The van der Waals surface area contributed by atoms with Crippen molar-refractivity contribution in [2.75, 3.05) is 17.6 Å². The molecule has 0 aromatic heterocycles. The summed E-state index contributed by atoms with van der Waals surface area (Å²) in [5, 5.41) is 14.6. The number of benzene rings is 1. The van der Waals surface area contributed by atoms with E-state index in [1.165, 1.54) is 18.2 Å². The summed E-state index contributed by atoms with van der Waals surface area (Å²) in [6.45, 7) is 4.26. The fourth-order valence-corrected chi connectivity index (χ4v) is 1.51. The summed E-state index contributed by atoms with van der Waals surface area (Å²) < 4.78 is 0. The van der Waals surface area contributed by atoms with Crippen LogP contribution in [0.5, 0.6) is 0 Å². The number of aromatic carboxylic acids is 1. The van der Waals surface area contributed by atoms with Crippen LogP contribution in [0.2, 0.25) is 0 Å². The summed E-state index contributed by atoms with van der Waals surface area (Å²) in [6, 6.07) is 3.85. The maximum atomic E-state index is 11.7. The van der Waals surface area contributed by atoms with E-state index in [1.54, 1.807) is 6.92 Å². The molecule has 6 nitrogen and oxygen atoms in total. The van der Waals surface area contributed by atoms with Crippen LogP contribution < -0.4 is 16.4 Å². The molecule has 0 aliphatic heterocycles. The molecule has 1 aromatic carbocycles. The molecule has 0 aliphatic rings. The van der Waals surface area contributed by atoms with E-state index in [0.717, 1.165) is 6.42 Å². The van der Waals surface area contributed by atoms with Crippen molar-refractivity contribution >= 4 is 23.3 Å². The Balaban J connectivity index is 2.78.